The third-order valence-corrected chi connectivity index (χ3v) is 2.12. The maximum atomic E-state index is 9.27. The monoisotopic (exact) mass is 169 g/mol. The molecule has 0 heterocycles. The van der Waals surface area contributed by atoms with Crippen molar-refractivity contribution in [3.8, 4) is 0 Å². The van der Waals surface area contributed by atoms with Crippen LogP contribution in [0.5, 0.6) is 0 Å². The molecule has 0 saturated heterocycles. The molecule has 1 atom stereocenters. The fraction of sp³-hybridized carbons (Fsp3) is 0.250. The van der Waals surface area contributed by atoms with Crippen molar-refractivity contribution in [3.63, 3.8) is 0 Å². The van der Waals surface area contributed by atoms with Gasteiger partial charge in [0.1, 0.15) is 0 Å². The van der Waals surface area contributed by atoms with Gasteiger partial charge >= 0.3 is 0 Å². The minimum Gasteiger partial charge on any atom is -0.389 e. The number of benzene rings is 1. The van der Waals surface area contributed by atoms with E-state index < -0.39 is 6.10 Å². The van der Waals surface area contributed by atoms with Crippen molar-refractivity contribution < 1.29 is 5.11 Å². The molecule has 3 N–H and O–H groups in total. The van der Waals surface area contributed by atoms with Crippen LogP contribution < -0.4 is 5.14 Å². The third-order valence-electron chi connectivity index (χ3n) is 1.50. The number of aliphatic hydroxyl groups is 1. The van der Waals surface area contributed by atoms with Crippen molar-refractivity contribution >= 4 is 11.9 Å². The van der Waals surface area contributed by atoms with Gasteiger partial charge in [0.15, 0.2) is 0 Å². The second-order valence-electron chi connectivity index (χ2n) is 2.33. The van der Waals surface area contributed by atoms with E-state index in [0.29, 0.717) is 0 Å². The zero-order valence-electron chi connectivity index (χ0n) is 6.32. The van der Waals surface area contributed by atoms with Gasteiger partial charge < -0.3 is 5.11 Å². The number of aliphatic hydroxyl groups excluding tert-OH is 1. The lowest BCUT2D eigenvalue weighted by atomic mass is 10.1. The van der Waals surface area contributed by atoms with Gasteiger partial charge in [0.05, 0.1) is 6.10 Å². The van der Waals surface area contributed by atoms with Crippen molar-refractivity contribution in [2.45, 2.75) is 17.9 Å². The highest BCUT2D eigenvalue weighted by Gasteiger charge is 2.04. The quantitative estimate of drug-likeness (QED) is 0.662. The Morgan fingerprint density at radius 2 is 2.09 bits per heavy atom. The normalized spacial score (nSPS) is 13.0. The lowest BCUT2D eigenvalue weighted by Gasteiger charge is -2.08. The summed E-state index contributed by atoms with van der Waals surface area (Å²) >= 11 is 1.16. The summed E-state index contributed by atoms with van der Waals surface area (Å²) in [5.74, 6) is 0. The molecule has 0 fully saturated rings. The molecule has 0 radical (unpaired) electrons. The molecule has 0 spiro atoms. The van der Waals surface area contributed by atoms with E-state index in [1.54, 1.807) is 6.92 Å². The van der Waals surface area contributed by atoms with E-state index in [4.69, 9.17) is 5.14 Å². The Morgan fingerprint density at radius 1 is 1.45 bits per heavy atom. The number of hydrogen-bond donors (Lipinski definition) is 2. The number of hydrogen-bond acceptors (Lipinski definition) is 3. The summed E-state index contributed by atoms with van der Waals surface area (Å²) < 4.78 is 0. The van der Waals surface area contributed by atoms with Crippen LogP contribution in [0, 0.1) is 0 Å². The van der Waals surface area contributed by atoms with Gasteiger partial charge in [-0.1, -0.05) is 18.2 Å². The highest BCUT2D eigenvalue weighted by Crippen LogP contribution is 2.23. The SMILES string of the molecule is CC(O)c1ccccc1SN. The minimum atomic E-state index is -0.442. The molecule has 1 rings (SSSR count). The van der Waals surface area contributed by atoms with Crippen molar-refractivity contribution in [2.24, 2.45) is 5.14 Å². The summed E-state index contributed by atoms with van der Waals surface area (Å²) in [5, 5.41) is 14.7. The molecular formula is C8H11NOS. The average Bonchev–Trinajstić information content (AvgIpc) is 2.04. The minimum absolute atomic E-state index is 0.442. The van der Waals surface area contributed by atoms with Crippen LogP contribution in [0.1, 0.15) is 18.6 Å². The molecule has 0 amide bonds. The Hall–Kier alpha value is -0.510. The Balaban J connectivity index is 3.02. The summed E-state index contributed by atoms with van der Waals surface area (Å²) in [4.78, 5) is 0.933. The van der Waals surface area contributed by atoms with Crippen LogP contribution in [0.3, 0.4) is 0 Å². The highest BCUT2D eigenvalue weighted by molar-refractivity contribution is 7.97. The first kappa shape index (κ1) is 8.59. The number of nitrogens with two attached hydrogens (primary N) is 1. The van der Waals surface area contributed by atoms with E-state index in [-0.39, 0.29) is 0 Å². The zero-order chi connectivity index (χ0) is 8.27. The number of rotatable bonds is 2. The Kier molecular flexibility index (Phi) is 2.93. The van der Waals surface area contributed by atoms with E-state index in [2.05, 4.69) is 0 Å². The molecule has 2 nitrogen and oxygen atoms in total. The maximum absolute atomic E-state index is 9.27. The van der Waals surface area contributed by atoms with Crippen molar-refractivity contribution in [1.29, 1.82) is 0 Å². The second kappa shape index (κ2) is 3.76. The predicted octanol–water partition coefficient (Wildman–Crippen LogP) is 1.71. The van der Waals surface area contributed by atoms with Crippen LogP contribution in [0.15, 0.2) is 29.2 Å². The molecule has 60 valence electrons. The van der Waals surface area contributed by atoms with Gasteiger partial charge in [-0.3, -0.25) is 5.14 Å². The first-order valence-corrected chi connectivity index (χ1v) is 4.27. The fourth-order valence-corrected chi connectivity index (χ4v) is 1.46. The summed E-state index contributed by atoms with van der Waals surface area (Å²) in [5.41, 5.74) is 0.889. The molecule has 1 unspecified atom stereocenters. The van der Waals surface area contributed by atoms with Gasteiger partial charge in [0.25, 0.3) is 0 Å². The standard InChI is InChI=1S/C8H11NOS/c1-6(10)7-4-2-3-5-8(7)11-9/h2-6,10H,9H2,1H3. The molecule has 1 aromatic rings. The van der Waals surface area contributed by atoms with Gasteiger partial charge in [-0.05, 0) is 30.5 Å². The molecular weight excluding hydrogens is 158 g/mol. The Labute approximate surface area is 70.6 Å². The van der Waals surface area contributed by atoms with Crippen LogP contribution in [-0.2, 0) is 0 Å². The summed E-state index contributed by atoms with van der Waals surface area (Å²) in [6.07, 6.45) is -0.442. The molecule has 0 aliphatic rings. The van der Waals surface area contributed by atoms with Crippen LogP contribution in [0.25, 0.3) is 0 Å². The van der Waals surface area contributed by atoms with Gasteiger partial charge in [0.2, 0.25) is 0 Å². The molecule has 0 aliphatic heterocycles. The topological polar surface area (TPSA) is 46.2 Å². The van der Waals surface area contributed by atoms with E-state index in [1.807, 2.05) is 24.3 Å². The van der Waals surface area contributed by atoms with Gasteiger partial charge in [-0.15, -0.1) is 0 Å². The first-order valence-electron chi connectivity index (χ1n) is 3.39. The smallest absolute Gasteiger partial charge is 0.0773 e. The second-order valence-corrected chi connectivity index (χ2v) is 3.01. The summed E-state index contributed by atoms with van der Waals surface area (Å²) in [7, 11) is 0. The van der Waals surface area contributed by atoms with Crippen molar-refractivity contribution in [3.05, 3.63) is 29.8 Å². The Bertz CT molecular complexity index is 237. The third kappa shape index (κ3) is 1.96. The highest BCUT2D eigenvalue weighted by atomic mass is 32.2. The van der Waals surface area contributed by atoms with Gasteiger partial charge in [0, 0.05) is 4.90 Å². The molecule has 3 heteroatoms. The lowest BCUT2D eigenvalue weighted by molar-refractivity contribution is 0.196. The van der Waals surface area contributed by atoms with Crippen LogP contribution in [0.2, 0.25) is 0 Å². The van der Waals surface area contributed by atoms with Gasteiger partial charge in [-0.25, -0.2) is 0 Å². The summed E-state index contributed by atoms with van der Waals surface area (Å²) in [6, 6.07) is 7.56. The largest absolute Gasteiger partial charge is 0.389 e. The molecule has 0 saturated carbocycles. The molecule has 0 aliphatic carbocycles. The Morgan fingerprint density at radius 3 is 2.55 bits per heavy atom. The van der Waals surface area contributed by atoms with Crippen molar-refractivity contribution in [1.82, 2.24) is 0 Å². The summed E-state index contributed by atoms with van der Waals surface area (Å²) in [6.45, 7) is 1.73. The van der Waals surface area contributed by atoms with E-state index >= 15 is 0 Å². The fourth-order valence-electron chi connectivity index (χ4n) is 0.933. The predicted molar refractivity (Wildman–Crippen MR) is 47.1 cm³/mol. The van der Waals surface area contributed by atoms with Crippen molar-refractivity contribution in [2.75, 3.05) is 0 Å². The van der Waals surface area contributed by atoms with E-state index in [9.17, 15) is 5.11 Å². The average molecular weight is 169 g/mol. The first-order chi connectivity index (χ1) is 5.25. The van der Waals surface area contributed by atoms with E-state index in [0.717, 1.165) is 22.4 Å². The molecule has 0 bridgehead atoms. The van der Waals surface area contributed by atoms with E-state index in [1.165, 1.54) is 0 Å². The molecule has 11 heavy (non-hydrogen) atoms. The lowest BCUT2D eigenvalue weighted by Crippen LogP contribution is -1.94. The van der Waals surface area contributed by atoms with Gasteiger partial charge in [-0.2, -0.15) is 0 Å². The molecule has 1 aromatic carbocycles. The van der Waals surface area contributed by atoms with Crippen LogP contribution in [0.4, 0.5) is 0 Å². The zero-order valence-corrected chi connectivity index (χ0v) is 7.14. The molecule has 0 aromatic heterocycles. The van der Waals surface area contributed by atoms with Crippen LogP contribution >= 0.6 is 11.9 Å². The van der Waals surface area contributed by atoms with Crippen LogP contribution in [-0.4, -0.2) is 5.11 Å². The maximum Gasteiger partial charge on any atom is 0.0773 e.